The van der Waals surface area contributed by atoms with E-state index >= 15 is 0 Å². The van der Waals surface area contributed by atoms with Crippen LogP contribution in [0.4, 0.5) is 0 Å². The first kappa shape index (κ1) is 10.3. The fraction of sp³-hybridized carbons (Fsp3) is 0.267. The molecule has 2 nitrogen and oxygen atoms in total. The second kappa shape index (κ2) is 4.21. The van der Waals surface area contributed by atoms with Crippen molar-refractivity contribution in [3.05, 3.63) is 59.2 Å². The maximum atomic E-state index is 11.8. The normalized spacial score (nSPS) is 18.0. The van der Waals surface area contributed by atoms with E-state index in [9.17, 15) is 4.79 Å². The molecule has 0 bridgehead atoms. The molecule has 1 aromatic carbocycles. The van der Waals surface area contributed by atoms with E-state index in [1.54, 1.807) is 0 Å². The minimum absolute atomic E-state index is 0.0152. The Morgan fingerprint density at radius 3 is 2.47 bits per heavy atom. The Balaban J connectivity index is 1.64. The quantitative estimate of drug-likeness (QED) is 0.724. The monoisotopic (exact) mass is 226 g/mol. The molecule has 0 aromatic heterocycles. The van der Waals surface area contributed by atoms with Gasteiger partial charge in [-0.2, -0.15) is 0 Å². The molecule has 0 heterocycles. The molecule has 2 heteroatoms. The van der Waals surface area contributed by atoms with Crippen LogP contribution in [0, 0.1) is 0 Å². The predicted molar refractivity (Wildman–Crippen MR) is 65.6 cm³/mol. The third kappa shape index (κ3) is 2.03. The predicted octanol–water partition coefficient (Wildman–Crippen LogP) is 2.58. The number of esters is 1. The number of hydrogen-bond donors (Lipinski definition) is 0. The van der Waals surface area contributed by atoms with E-state index in [-0.39, 0.29) is 12.1 Å². The van der Waals surface area contributed by atoms with Gasteiger partial charge in [0.25, 0.3) is 0 Å². The van der Waals surface area contributed by atoms with Gasteiger partial charge < -0.3 is 4.74 Å². The molecule has 0 spiro atoms. The zero-order valence-electron chi connectivity index (χ0n) is 9.56. The molecular formula is C15H14O2. The van der Waals surface area contributed by atoms with Crippen LogP contribution in [0.2, 0.25) is 0 Å². The van der Waals surface area contributed by atoms with E-state index in [1.807, 2.05) is 30.4 Å². The van der Waals surface area contributed by atoms with Gasteiger partial charge in [-0.05, 0) is 17.5 Å². The van der Waals surface area contributed by atoms with Crippen LogP contribution in [0.15, 0.2) is 48.1 Å². The van der Waals surface area contributed by atoms with E-state index in [2.05, 4.69) is 12.1 Å². The van der Waals surface area contributed by atoms with E-state index in [0.717, 1.165) is 18.4 Å². The Morgan fingerprint density at radius 1 is 1.18 bits per heavy atom. The third-order valence-corrected chi connectivity index (χ3v) is 3.32. The second-order valence-corrected chi connectivity index (χ2v) is 4.53. The third-order valence-electron chi connectivity index (χ3n) is 3.32. The molecule has 2 aliphatic rings. The van der Waals surface area contributed by atoms with Gasteiger partial charge >= 0.3 is 5.97 Å². The van der Waals surface area contributed by atoms with Crippen molar-refractivity contribution in [3.8, 4) is 0 Å². The molecule has 0 unspecified atom stereocenters. The Bertz CT molecular complexity index is 486. The summed E-state index contributed by atoms with van der Waals surface area (Å²) in [6.45, 7) is 0. The highest BCUT2D eigenvalue weighted by Crippen LogP contribution is 2.25. The Hall–Kier alpha value is -1.83. The first-order valence-electron chi connectivity index (χ1n) is 5.96. The van der Waals surface area contributed by atoms with Crippen LogP contribution in [0.25, 0.3) is 0 Å². The molecule has 17 heavy (non-hydrogen) atoms. The maximum absolute atomic E-state index is 11.8. The number of carbonyl (C=O) groups is 1. The average Bonchev–Trinajstić information content (AvgIpc) is 2.97. The van der Waals surface area contributed by atoms with Crippen LogP contribution in [0.5, 0.6) is 0 Å². The molecule has 0 saturated carbocycles. The minimum atomic E-state index is -0.159. The molecule has 0 saturated heterocycles. The molecule has 0 amide bonds. The average molecular weight is 226 g/mol. The van der Waals surface area contributed by atoms with Crippen LogP contribution in [-0.2, 0) is 22.4 Å². The first-order valence-corrected chi connectivity index (χ1v) is 5.96. The van der Waals surface area contributed by atoms with Gasteiger partial charge in [0.2, 0.25) is 0 Å². The lowest BCUT2D eigenvalue weighted by molar-refractivity contribution is -0.143. The minimum Gasteiger partial charge on any atom is -0.458 e. The second-order valence-electron chi connectivity index (χ2n) is 4.53. The zero-order valence-corrected chi connectivity index (χ0v) is 9.56. The summed E-state index contributed by atoms with van der Waals surface area (Å²) in [6.07, 6.45) is 8.13. The summed E-state index contributed by atoms with van der Waals surface area (Å²) in [5.41, 5.74) is 3.38. The highest BCUT2D eigenvalue weighted by molar-refractivity contribution is 5.90. The lowest BCUT2D eigenvalue weighted by Crippen LogP contribution is -2.19. The van der Waals surface area contributed by atoms with E-state index in [4.69, 9.17) is 4.74 Å². The number of ether oxygens (including phenoxy) is 1. The van der Waals surface area contributed by atoms with Gasteiger partial charge in [-0.25, -0.2) is 4.79 Å². The van der Waals surface area contributed by atoms with Crippen molar-refractivity contribution in [3.63, 3.8) is 0 Å². The zero-order chi connectivity index (χ0) is 11.7. The number of rotatable bonds is 2. The summed E-state index contributed by atoms with van der Waals surface area (Å²) in [5.74, 6) is -0.159. The molecule has 0 atom stereocenters. The number of hydrogen-bond acceptors (Lipinski definition) is 2. The fourth-order valence-corrected chi connectivity index (χ4v) is 2.43. The van der Waals surface area contributed by atoms with Crippen LogP contribution in [0.1, 0.15) is 17.5 Å². The maximum Gasteiger partial charge on any atom is 0.334 e. The van der Waals surface area contributed by atoms with Gasteiger partial charge in [0.1, 0.15) is 6.10 Å². The van der Waals surface area contributed by atoms with Crippen molar-refractivity contribution in [1.29, 1.82) is 0 Å². The topological polar surface area (TPSA) is 26.3 Å². The summed E-state index contributed by atoms with van der Waals surface area (Å²) >= 11 is 0. The van der Waals surface area contributed by atoms with Crippen molar-refractivity contribution >= 4 is 5.97 Å². The summed E-state index contributed by atoms with van der Waals surface area (Å²) in [4.78, 5) is 11.8. The van der Waals surface area contributed by atoms with Gasteiger partial charge in [0, 0.05) is 18.4 Å². The summed E-state index contributed by atoms with van der Waals surface area (Å²) in [5, 5.41) is 0. The lowest BCUT2D eigenvalue weighted by atomic mass is 10.1. The molecule has 2 aliphatic carbocycles. The number of allylic oxidation sites excluding steroid dienone is 3. The van der Waals surface area contributed by atoms with Crippen molar-refractivity contribution in [2.24, 2.45) is 0 Å². The summed E-state index contributed by atoms with van der Waals surface area (Å²) in [6, 6.07) is 8.29. The Kier molecular flexibility index (Phi) is 2.56. The van der Waals surface area contributed by atoms with Gasteiger partial charge in [-0.15, -0.1) is 0 Å². The van der Waals surface area contributed by atoms with Gasteiger partial charge in [0.05, 0.1) is 0 Å². The molecule has 0 radical (unpaired) electrons. The molecule has 86 valence electrons. The molecule has 0 N–H and O–H groups in total. The molecule has 0 aliphatic heterocycles. The van der Waals surface area contributed by atoms with Crippen molar-refractivity contribution in [2.75, 3.05) is 0 Å². The van der Waals surface area contributed by atoms with Gasteiger partial charge in [-0.1, -0.05) is 42.5 Å². The van der Waals surface area contributed by atoms with Crippen molar-refractivity contribution in [1.82, 2.24) is 0 Å². The Morgan fingerprint density at radius 2 is 1.88 bits per heavy atom. The van der Waals surface area contributed by atoms with Crippen LogP contribution in [-0.4, -0.2) is 12.1 Å². The standard InChI is InChI=1S/C15H14O2/c16-15(11-5-1-2-6-11)17-14-9-12-7-3-4-8-13(12)10-14/h1-5,7-8,14H,6,9-10H2. The Labute approximate surface area is 101 Å². The van der Waals surface area contributed by atoms with Crippen LogP contribution >= 0.6 is 0 Å². The van der Waals surface area contributed by atoms with Crippen LogP contribution < -0.4 is 0 Å². The van der Waals surface area contributed by atoms with E-state index < -0.39 is 0 Å². The SMILES string of the molecule is O=C(OC1Cc2ccccc2C1)C1=CC=CC1. The fourth-order valence-electron chi connectivity index (χ4n) is 2.43. The number of benzene rings is 1. The van der Waals surface area contributed by atoms with Gasteiger partial charge in [-0.3, -0.25) is 0 Å². The molecule has 3 rings (SSSR count). The summed E-state index contributed by atoms with van der Waals surface area (Å²) in [7, 11) is 0. The lowest BCUT2D eigenvalue weighted by Gasteiger charge is -2.11. The highest BCUT2D eigenvalue weighted by atomic mass is 16.5. The number of carbonyl (C=O) groups excluding carboxylic acids is 1. The van der Waals surface area contributed by atoms with E-state index in [1.165, 1.54) is 11.1 Å². The van der Waals surface area contributed by atoms with E-state index in [0.29, 0.717) is 6.42 Å². The summed E-state index contributed by atoms with van der Waals surface area (Å²) < 4.78 is 5.53. The first-order chi connectivity index (χ1) is 8.33. The molecule has 1 aromatic rings. The smallest absolute Gasteiger partial charge is 0.334 e. The molecule has 0 fully saturated rings. The molecular weight excluding hydrogens is 212 g/mol. The van der Waals surface area contributed by atoms with Gasteiger partial charge in [0.15, 0.2) is 0 Å². The number of fused-ring (bicyclic) bond motifs is 1. The van der Waals surface area contributed by atoms with Crippen molar-refractivity contribution in [2.45, 2.75) is 25.4 Å². The van der Waals surface area contributed by atoms with Crippen molar-refractivity contribution < 1.29 is 9.53 Å². The largest absolute Gasteiger partial charge is 0.458 e. The highest BCUT2D eigenvalue weighted by Gasteiger charge is 2.25. The van der Waals surface area contributed by atoms with Crippen LogP contribution in [0.3, 0.4) is 0 Å².